The van der Waals surface area contributed by atoms with Crippen LogP contribution in [0.15, 0.2) is 24.3 Å². The molecule has 2 N–H and O–H groups in total. The van der Waals surface area contributed by atoms with E-state index in [9.17, 15) is 19.2 Å². The average molecular weight is 492 g/mol. The zero-order chi connectivity index (χ0) is 26.9. The summed E-state index contributed by atoms with van der Waals surface area (Å²) < 4.78 is 10.0. The summed E-state index contributed by atoms with van der Waals surface area (Å²) in [6, 6.07) is 4.93. The maximum absolute atomic E-state index is 13.9. The number of nitrogens with one attached hydrogen (secondary N) is 2. The monoisotopic (exact) mass is 491 g/mol. The number of carbonyl (C=O) groups is 4. The number of hydrogen-bond acceptors (Lipinski definition) is 6. The van der Waals surface area contributed by atoms with Gasteiger partial charge in [-0.1, -0.05) is 38.1 Å². The fraction of sp³-hybridized carbons (Fsp3) is 0.615. The number of benzene rings is 1. The Hall–Kier alpha value is -3.10. The van der Waals surface area contributed by atoms with Gasteiger partial charge in [-0.05, 0) is 65.0 Å². The Labute approximate surface area is 208 Å². The maximum atomic E-state index is 13.9. The van der Waals surface area contributed by atoms with Crippen molar-refractivity contribution < 1.29 is 28.7 Å². The van der Waals surface area contributed by atoms with E-state index < -0.39 is 47.6 Å². The van der Waals surface area contributed by atoms with Gasteiger partial charge in [0.15, 0.2) is 0 Å². The van der Waals surface area contributed by atoms with Crippen molar-refractivity contribution in [2.45, 2.75) is 85.5 Å². The Bertz CT molecular complexity index is 891. The molecule has 1 aromatic carbocycles. The number of aryl methyl sites for hydroxylation is 1. The first kappa shape index (κ1) is 29.9. The highest BCUT2D eigenvalue weighted by molar-refractivity contribution is 5.93. The number of carbonyl (C=O) groups excluding carboxylic acids is 4. The Morgan fingerprint density at radius 1 is 1.03 bits per heavy atom. The first-order valence-corrected chi connectivity index (χ1v) is 11.9. The molecule has 0 aliphatic rings. The van der Waals surface area contributed by atoms with E-state index in [1.807, 2.05) is 32.9 Å². The number of amides is 3. The molecule has 0 spiro atoms. The minimum Gasteiger partial charge on any atom is -0.468 e. The molecule has 1 rings (SSSR count). The quantitative estimate of drug-likeness (QED) is 0.484. The van der Waals surface area contributed by atoms with Crippen LogP contribution in [0, 0.1) is 12.8 Å². The molecule has 9 nitrogen and oxygen atoms in total. The van der Waals surface area contributed by atoms with E-state index in [4.69, 9.17) is 4.74 Å². The van der Waals surface area contributed by atoms with Gasteiger partial charge < -0.3 is 25.0 Å². The lowest BCUT2D eigenvalue weighted by Gasteiger charge is -2.38. The van der Waals surface area contributed by atoms with E-state index in [0.717, 1.165) is 5.56 Å². The van der Waals surface area contributed by atoms with Crippen LogP contribution in [0.1, 0.15) is 72.1 Å². The Balaban J connectivity index is 3.46. The highest BCUT2D eigenvalue weighted by atomic mass is 16.6. The predicted octanol–water partition coefficient (Wildman–Crippen LogP) is 3.50. The summed E-state index contributed by atoms with van der Waals surface area (Å²) in [7, 11) is 1.23. The third-order valence-electron chi connectivity index (χ3n) is 5.15. The van der Waals surface area contributed by atoms with Crippen molar-refractivity contribution in [1.82, 2.24) is 15.5 Å². The van der Waals surface area contributed by atoms with Gasteiger partial charge >= 0.3 is 12.1 Å². The molecule has 1 aromatic rings. The summed E-state index contributed by atoms with van der Waals surface area (Å²) in [5.41, 5.74) is 0.701. The van der Waals surface area contributed by atoms with Crippen molar-refractivity contribution in [2.75, 3.05) is 13.7 Å². The molecule has 0 bridgehead atoms. The van der Waals surface area contributed by atoms with Crippen LogP contribution in [0.3, 0.4) is 0 Å². The number of esters is 1. The lowest BCUT2D eigenvalue weighted by atomic mass is 9.95. The van der Waals surface area contributed by atoms with Crippen LogP contribution in [-0.2, 0) is 23.9 Å². The predicted molar refractivity (Wildman–Crippen MR) is 134 cm³/mol. The van der Waals surface area contributed by atoms with Crippen molar-refractivity contribution in [1.29, 1.82) is 0 Å². The van der Waals surface area contributed by atoms with Crippen LogP contribution >= 0.6 is 0 Å². The zero-order valence-corrected chi connectivity index (χ0v) is 22.4. The van der Waals surface area contributed by atoms with Crippen LogP contribution in [-0.4, -0.2) is 60.1 Å². The van der Waals surface area contributed by atoms with Crippen LogP contribution in [0.2, 0.25) is 0 Å². The standard InChI is InChI=1S/C26H41N3O6/c1-16(2)14-20(28-25(33)35-26(6,7)8)24(32)29(17(3)4)22(19-13-11-10-12-18(19)5)23(31)27-15-21(30)34-9/h10-13,16-17,20,22H,14-15H2,1-9H3,(H,27,31)(H,28,33). The topological polar surface area (TPSA) is 114 Å². The molecule has 0 aliphatic heterocycles. The van der Waals surface area contributed by atoms with Crippen LogP contribution in [0.4, 0.5) is 4.79 Å². The number of rotatable bonds is 10. The second-order valence-electron chi connectivity index (χ2n) is 10.2. The van der Waals surface area contributed by atoms with Gasteiger partial charge in [0.25, 0.3) is 0 Å². The second-order valence-corrected chi connectivity index (χ2v) is 10.2. The molecule has 0 saturated carbocycles. The average Bonchev–Trinajstić information content (AvgIpc) is 2.73. The lowest BCUT2D eigenvalue weighted by molar-refractivity contribution is -0.146. The van der Waals surface area contributed by atoms with Gasteiger partial charge in [-0.2, -0.15) is 0 Å². The van der Waals surface area contributed by atoms with Gasteiger partial charge in [0.2, 0.25) is 11.8 Å². The highest BCUT2D eigenvalue weighted by Crippen LogP contribution is 2.28. The van der Waals surface area contributed by atoms with Crippen LogP contribution in [0.25, 0.3) is 0 Å². The summed E-state index contributed by atoms with van der Waals surface area (Å²) in [5, 5.41) is 5.28. The Kier molecular flexibility index (Phi) is 11.2. The van der Waals surface area contributed by atoms with E-state index >= 15 is 0 Å². The molecule has 0 saturated heterocycles. The smallest absolute Gasteiger partial charge is 0.408 e. The third-order valence-corrected chi connectivity index (χ3v) is 5.15. The van der Waals surface area contributed by atoms with Gasteiger partial charge in [-0.15, -0.1) is 0 Å². The van der Waals surface area contributed by atoms with Crippen molar-refractivity contribution >= 4 is 23.9 Å². The SMILES string of the molecule is COC(=O)CNC(=O)C(c1ccccc1C)N(C(=O)C(CC(C)C)NC(=O)OC(C)(C)C)C(C)C. The molecule has 0 fully saturated rings. The first-order valence-electron chi connectivity index (χ1n) is 11.9. The molecule has 0 heterocycles. The number of alkyl carbamates (subject to hydrolysis) is 1. The van der Waals surface area contributed by atoms with Crippen molar-refractivity contribution in [2.24, 2.45) is 5.92 Å². The molecule has 35 heavy (non-hydrogen) atoms. The summed E-state index contributed by atoms with van der Waals surface area (Å²) in [6.45, 7) is 14.2. The Morgan fingerprint density at radius 3 is 2.11 bits per heavy atom. The fourth-order valence-electron chi connectivity index (χ4n) is 3.64. The van der Waals surface area contributed by atoms with Gasteiger partial charge in [-0.3, -0.25) is 14.4 Å². The Morgan fingerprint density at radius 2 is 1.63 bits per heavy atom. The highest BCUT2D eigenvalue weighted by Gasteiger charge is 2.38. The van der Waals surface area contributed by atoms with Crippen molar-refractivity contribution in [3.8, 4) is 0 Å². The number of methoxy groups -OCH3 is 1. The van der Waals surface area contributed by atoms with Crippen molar-refractivity contribution in [3.05, 3.63) is 35.4 Å². The van der Waals surface area contributed by atoms with Crippen molar-refractivity contribution in [3.63, 3.8) is 0 Å². The summed E-state index contributed by atoms with van der Waals surface area (Å²) >= 11 is 0. The normalized spacial score (nSPS) is 13.1. The second kappa shape index (κ2) is 13.1. The van der Waals surface area contributed by atoms with E-state index in [1.54, 1.807) is 46.8 Å². The minimum absolute atomic E-state index is 0.0814. The fourth-order valence-corrected chi connectivity index (χ4v) is 3.64. The minimum atomic E-state index is -1.02. The molecule has 3 amide bonds. The zero-order valence-electron chi connectivity index (χ0n) is 22.4. The molecular formula is C26H41N3O6. The molecular weight excluding hydrogens is 450 g/mol. The van der Waals surface area contributed by atoms with Gasteiger partial charge in [-0.25, -0.2) is 4.79 Å². The number of ether oxygens (including phenoxy) is 2. The lowest BCUT2D eigenvalue weighted by Crippen LogP contribution is -2.55. The van der Waals surface area contributed by atoms with Crippen LogP contribution in [0.5, 0.6) is 0 Å². The van der Waals surface area contributed by atoms with Crippen LogP contribution < -0.4 is 10.6 Å². The van der Waals surface area contributed by atoms with E-state index in [1.165, 1.54) is 12.0 Å². The van der Waals surface area contributed by atoms with Gasteiger partial charge in [0.1, 0.15) is 24.2 Å². The number of hydrogen-bond donors (Lipinski definition) is 2. The molecule has 0 radical (unpaired) electrons. The molecule has 2 unspecified atom stereocenters. The molecule has 0 aliphatic carbocycles. The summed E-state index contributed by atoms with van der Waals surface area (Å²) in [6.07, 6.45) is -0.353. The van der Waals surface area contributed by atoms with Gasteiger partial charge in [0, 0.05) is 6.04 Å². The first-order chi connectivity index (χ1) is 16.2. The maximum Gasteiger partial charge on any atom is 0.408 e. The largest absolute Gasteiger partial charge is 0.468 e. The molecule has 0 aromatic heterocycles. The number of nitrogens with zero attached hydrogens (tertiary/aromatic N) is 1. The summed E-state index contributed by atoms with van der Waals surface area (Å²) in [4.78, 5) is 53.0. The van der Waals surface area contributed by atoms with Gasteiger partial charge in [0.05, 0.1) is 7.11 Å². The van der Waals surface area contributed by atoms with E-state index in [2.05, 4.69) is 15.4 Å². The molecule has 196 valence electrons. The molecule has 9 heteroatoms. The third kappa shape index (κ3) is 9.58. The van der Waals surface area contributed by atoms with E-state index in [0.29, 0.717) is 12.0 Å². The van der Waals surface area contributed by atoms with E-state index in [-0.39, 0.29) is 12.5 Å². The summed E-state index contributed by atoms with van der Waals surface area (Å²) in [5.74, 6) is -1.46. The molecule has 2 atom stereocenters.